The first-order valence-corrected chi connectivity index (χ1v) is 21.3. The number of thiophene rings is 4. The number of nitrogens with zero attached hydrogens (tertiary/aromatic N) is 4. The molecule has 0 saturated heterocycles. The second-order valence-electron chi connectivity index (χ2n) is 14.4. The normalized spacial score (nSPS) is 18.7. The number of carbonyl (C=O) groups excluding carboxylic acids is 1. The highest BCUT2D eigenvalue weighted by molar-refractivity contribution is 7.35. The average Bonchev–Trinajstić information content (AvgIpc) is 4.05. The Bertz CT molecular complexity index is 3240. The molecule has 3 aliphatic carbocycles. The van der Waals surface area contributed by atoms with Crippen molar-refractivity contribution < 1.29 is 32.2 Å². The maximum absolute atomic E-state index is 14.4. The summed E-state index contributed by atoms with van der Waals surface area (Å²) in [5, 5.41) is 50.4. The van der Waals surface area contributed by atoms with Crippen molar-refractivity contribution in [3.05, 3.63) is 120 Å². The molecule has 1 fully saturated rings. The molecule has 1 aliphatic heterocycles. The highest BCUT2D eigenvalue weighted by atomic mass is 32.1. The highest BCUT2D eigenvalue weighted by Crippen LogP contribution is 2.63. The lowest BCUT2D eigenvalue weighted by molar-refractivity contribution is 0.0282. The van der Waals surface area contributed by atoms with Gasteiger partial charge in [-0.2, -0.15) is 21.0 Å². The van der Waals surface area contributed by atoms with Gasteiger partial charge < -0.3 is 9.84 Å². The number of hydrogen-bond donors (Lipinski definition) is 1. The smallest absolute Gasteiger partial charge is 0.194 e. The topological polar surface area (TPSA) is 142 Å². The van der Waals surface area contributed by atoms with Gasteiger partial charge >= 0.3 is 0 Å². The molecule has 286 valence electrons. The standard InChI is InChI=1S/C44H20F4N4O3S4/c45-28-10-22-24(12-30(28)47)37(53)26(34(22)18(14-49)15-50)6-20-8-32-40(56-20)36-42(58-32)43-39(55-44(36)4-2-1-3-5-44)41-33(59-43)9-21(57-41)7-27-35(19(16-51)17-52)23-11-29(46)31(48)13-25(23)38(27)54/h6-13,38,54H,1-5H2/b26-6-,27-7-. The van der Waals surface area contributed by atoms with Crippen molar-refractivity contribution >= 4 is 93.2 Å². The van der Waals surface area contributed by atoms with Crippen molar-refractivity contribution in [2.75, 3.05) is 0 Å². The maximum atomic E-state index is 14.4. The lowest BCUT2D eigenvalue weighted by Gasteiger charge is -2.40. The van der Waals surface area contributed by atoms with E-state index in [-0.39, 0.29) is 55.7 Å². The van der Waals surface area contributed by atoms with Crippen molar-refractivity contribution in [3.8, 4) is 39.8 Å². The molecule has 1 spiro atoms. The number of allylic oxidation sites excluding steroid dienone is 4. The third kappa shape index (κ3) is 5.37. The Morgan fingerprint density at radius 1 is 0.695 bits per heavy atom. The predicted molar refractivity (Wildman–Crippen MR) is 218 cm³/mol. The van der Waals surface area contributed by atoms with Crippen LogP contribution in [0.2, 0.25) is 0 Å². The van der Waals surface area contributed by atoms with Gasteiger partial charge in [0.15, 0.2) is 34.8 Å². The van der Waals surface area contributed by atoms with Gasteiger partial charge in [-0.15, -0.1) is 45.3 Å². The molecule has 1 unspecified atom stereocenters. The number of Topliss-reactive ketones (excluding diaryl/α,β-unsaturated/α-hetero) is 1. The summed E-state index contributed by atoms with van der Waals surface area (Å²) in [5.74, 6) is -4.60. The number of fused-ring (bicyclic) bond motifs is 10. The molecule has 10 rings (SSSR count). The van der Waals surface area contributed by atoms with E-state index in [0.717, 1.165) is 96.2 Å². The van der Waals surface area contributed by atoms with Crippen molar-refractivity contribution in [2.45, 2.75) is 43.8 Å². The molecule has 7 nitrogen and oxygen atoms in total. The fourth-order valence-electron chi connectivity index (χ4n) is 8.69. The Morgan fingerprint density at radius 2 is 1.25 bits per heavy atom. The van der Waals surface area contributed by atoms with Crippen LogP contribution < -0.4 is 4.74 Å². The van der Waals surface area contributed by atoms with Crippen molar-refractivity contribution in [1.82, 2.24) is 0 Å². The molecule has 4 aromatic heterocycles. The minimum Gasteiger partial charge on any atom is -0.479 e. The van der Waals surface area contributed by atoms with E-state index in [0.29, 0.717) is 9.75 Å². The molecule has 15 heteroatoms. The Morgan fingerprint density at radius 3 is 1.93 bits per heavy atom. The molecule has 4 aliphatic rings. The van der Waals surface area contributed by atoms with Gasteiger partial charge in [0, 0.05) is 42.3 Å². The maximum Gasteiger partial charge on any atom is 0.194 e. The lowest BCUT2D eigenvalue weighted by Crippen LogP contribution is -2.37. The molecule has 0 amide bonds. The highest BCUT2D eigenvalue weighted by Gasteiger charge is 2.47. The van der Waals surface area contributed by atoms with Gasteiger partial charge in [-0.3, -0.25) is 4.79 Å². The molecule has 5 heterocycles. The molecule has 6 aromatic rings. The fraction of sp³-hybridized carbons (Fsp3) is 0.159. The number of rotatable bonds is 2. The third-order valence-electron chi connectivity index (χ3n) is 11.2. The summed E-state index contributed by atoms with van der Waals surface area (Å²) in [6, 6.07) is 14.6. The van der Waals surface area contributed by atoms with E-state index in [9.17, 15) is 48.5 Å². The van der Waals surface area contributed by atoms with Gasteiger partial charge in [-0.1, -0.05) is 6.42 Å². The van der Waals surface area contributed by atoms with Crippen molar-refractivity contribution in [2.24, 2.45) is 0 Å². The zero-order valence-corrected chi connectivity index (χ0v) is 33.2. The van der Waals surface area contributed by atoms with E-state index in [4.69, 9.17) is 4.74 Å². The second-order valence-corrected chi connectivity index (χ2v) is 18.7. The molecule has 2 aromatic carbocycles. The monoisotopic (exact) mass is 856 g/mol. The second kappa shape index (κ2) is 13.4. The number of ketones is 1. The van der Waals surface area contributed by atoms with Gasteiger partial charge in [-0.05, 0) is 96.5 Å². The molecule has 1 N–H and O–H groups in total. The quantitative estimate of drug-likeness (QED) is 0.104. The van der Waals surface area contributed by atoms with E-state index in [1.807, 2.05) is 24.3 Å². The minimum atomic E-state index is -1.40. The zero-order valence-electron chi connectivity index (χ0n) is 29.9. The first-order valence-electron chi connectivity index (χ1n) is 18.1. The van der Waals surface area contributed by atoms with Gasteiger partial charge in [-0.25, -0.2) is 17.6 Å². The van der Waals surface area contributed by atoms with E-state index >= 15 is 0 Å². The summed E-state index contributed by atoms with van der Waals surface area (Å²) < 4.78 is 68.2. The Kier molecular flexibility index (Phi) is 8.45. The number of carbonyl (C=O) groups is 1. The van der Waals surface area contributed by atoms with E-state index in [1.54, 1.807) is 35.6 Å². The number of halogens is 4. The molecule has 1 saturated carbocycles. The summed E-state index contributed by atoms with van der Waals surface area (Å²) in [7, 11) is 0. The summed E-state index contributed by atoms with van der Waals surface area (Å²) in [6.07, 6.45) is 6.22. The SMILES string of the molecule is N#CC(C#N)=C1/C(=C/c2cc3sc4c(c3s2)C2(CCCCC2)Oc2c-4sc3cc(/C=C4/C(=C(C#N)C#N)c5cc(F)c(F)cc5C4O)sc23)C(=O)c2cc(F)c(F)cc21. The van der Waals surface area contributed by atoms with Crippen LogP contribution in [0.1, 0.15) is 80.6 Å². The number of hydrogen-bond acceptors (Lipinski definition) is 11. The van der Waals surface area contributed by atoms with E-state index < -0.39 is 40.8 Å². The largest absolute Gasteiger partial charge is 0.479 e. The van der Waals surface area contributed by atoms with Crippen LogP contribution in [0.4, 0.5) is 17.6 Å². The zero-order chi connectivity index (χ0) is 41.1. The van der Waals surface area contributed by atoms with Gasteiger partial charge in [0.2, 0.25) is 0 Å². The summed E-state index contributed by atoms with van der Waals surface area (Å²) in [5.41, 5.74) is -0.0863. The number of aliphatic hydroxyl groups is 1. The summed E-state index contributed by atoms with van der Waals surface area (Å²) in [4.78, 5) is 17.0. The Balaban J connectivity index is 1.09. The molecule has 59 heavy (non-hydrogen) atoms. The number of nitriles is 4. The number of benzene rings is 2. The van der Waals surface area contributed by atoms with Crippen LogP contribution >= 0.6 is 45.3 Å². The molecule has 0 radical (unpaired) electrons. The van der Waals surface area contributed by atoms with Crippen LogP contribution in [0.15, 0.2) is 58.7 Å². The lowest BCUT2D eigenvalue weighted by atomic mass is 9.78. The number of aliphatic hydroxyl groups excluding tert-OH is 1. The van der Waals surface area contributed by atoms with Gasteiger partial charge in [0.25, 0.3) is 0 Å². The molecule has 0 bridgehead atoms. The van der Waals surface area contributed by atoms with Crippen LogP contribution in [0.5, 0.6) is 5.75 Å². The fourth-order valence-corrected chi connectivity index (χ4v) is 14.0. The van der Waals surface area contributed by atoms with Crippen LogP contribution in [-0.4, -0.2) is 10.9 Å². The first kappa shape index (κ1) is 37.1. The van der Waals surface area contributed by atoms with Crippen molar-refractivity contribution in [3.63, 3.8) is 0 Å². The van der Waals surface area contributed by atoms with E-state index in [2.05, 4.69) is 0 Å². The van der Waals surface area contributed by atoms with Gasteiger partial charge in [0.05, 0.1) is 23.9 Å². The molecular weight excluding hydrogens is 837 g/mol. The average molecular weight is 857 g/mol. The Labute approximate surface area is 347 Å². The van der Waals surface area contributed by atoms with Crippen LogP contribution in [0.25, 0.3) is 51.9 Å². The number of ether oxygens (including phenoxy) is 1. The predicted octanol–water partition coefficient (Wildman–Crippen LogP) is 12.0. The van der Waals surface area contributed by atoms with Crippen molar-refractivity contribution in [1.29, 1.82) is 21.0 Å². The van der Waals surface area contributed by atoms with Crippen LogP contribution in [0, 0.1) is 68.6 Å². The van der Waals surface area contributed by atoms with E-state index in [1.165, 1.54) is 34.0 Å². The first-order chi connectivity index (χ1) is 28.5. The van der Waals surface area contributed by atoms with Crippen LogP contribution in [0.3, 0.4) is 0 Å². The summed E-state index contributed by atoms with van der Waals surface area (Å²) in [6.45, 7) is 0. The van der Waals surface area contributed by atoms with Crippen LogP contribution in [-0.2, 0) is 5.60 Å². The van der Waals surface area contributed by atoms with Gasteiger partial charge in [0.1, 0.15) is 47.1 Å². The molecular formula is C44H20F4N4O3S4. The Hall–Kier alpha value is -6.17. The molecule has 1 atom stereocenters. The third-order valence-corrected chi connectivity index (χ3v) is 16.1. The summed E-state index contributed by atoms with van der Waals surface area (Å²) >= 11 is 5.98. The minimum absolute atomic E-state index is 0.00520.